The first-order valence-corrected chi connectivity index (χ1v) is 10.1. The van der Waals surface area contributed by atoms with Crippen molar-refractivity contribution in [3.8, 4) is 23.0 Å². The van der Waals surface area contributed by atoms with E-state index in [-0.39, 0.29) is 10.9 Å². The zero-order valence-electron chi connectivity index (χ0n) is 18.0. The SMILES string of the molecule is COc1cc(OC)cc(-c2nn(CN3CCN(C(=O)OC(C)(C)C)CC3)c(=S)o2)c1. The third-order valence-corrected chi connectivity index (χ3v) is 4.86. The third kappa shape index (κ3) is 5.51. The highest BCUT2D eigenvalue weighted by atomic mass is 32.1. The van der Waals surface area contributed by atoms with Crippen LogP contribution in [-0.4, -0.2) is 71.7 Å². The van der Waals surface area contributed by atoms with E-state index in [1.165, 1.54) is 0 Å². The molecule has 1 fully saturated rings. The fraction of sp³-hybridized carbons (Fsp3) is 0.550. The standard InChI is InChI=1S/C20H28N4O5S/c1-20(2,3)29-18(25)23-8-6-22(7-9-23)13-24-19(30)28-17(21-24)14-10-15(26-4)12-16(11-14)27-5/h10-12H,6-9,13H2,1-5H3. The van der Waals surface area contributed by atoms with Crippen molar-refractivity contribution in [3.63, 3.8) is 0 Å². The number of hydrogen-bond acceptors (Lipinski definition) is 8. The second kappa shape index (κ2) is 9.05. The predicted octanol–water partition coefficient (Wildman–Crippen LogP) is 3.40. The van der Waals surface area contributed by atoms with E-state index in [4.69, 9.17) is 30.8 Å². The van der Waals surface area contributed by atoms with Gasteiger partial charge in [-0.2, -0.15) is 0 Å². The van der Waals surface area contributed by atoms with Gasteiger partial charge in [0.2, 0.25) is 5.89 Å². The maximum absolute atomic E-state index is 12.2. The van der Waals surface area contributed by atoms with E-state index >= 15 is 0 Å². The number of carbonyl (C=O) groups excluding carboxylic acids is 1. The number of benzene rings is 1. The number of aromatic nitrogens is 2. The summed E-state index contributed by atoms with van der Waals surface area (Å²) in [5, 5.41) is 4.52. The summed E-state index contributed by atoms with van der Waals surface area (Å²) >= 11 is 5.35. The Morgan fingerprint density at radius 3 is 2.23 bits per heavy atom. The number of ether oxygens (including phenoxy) is 3. The molecule has 1 aromatic carbocycles. The first-order chi connectivity index (χ1) is 14.2. The van der Waals surface area contributed by atoms with Crippen molar-refractivity contribution in [1.29, 1.82) is 0 Å². The maximum Gasteiger partial charge on any atom is 0.410 e. The molecule has 30 heavy (non-hydrogen) atoms. The minimum atomic E-state index is -0.499. The number of piperazine rings is 1. The van der Waals surface area contributed by atoms with Crippen molar-refractivity contribution in [2.24, 2.45) is 0 Å². The van der Waals surface area contributed by atoms with Gasteiger partial charge in [-0.15, -0.1) is 5.10 Å². The Morgan fingerprint density at radius 1 is 1.10 bits per heavy atom. The van der Waals surface area contributed by atoms with Crippen molar-refractivity contribution < 1.29 is 23.4 Å². The van der Waals surface area contributed by atoms with Gasteiger partial charge in [-0.3, -0.25) is 4.90 Å². The molecule has 2 aromatic rings. The summed E-state index contributed by atoms with van der Waals surface area (Å²) in [5.41, 5.74) is 0.215. The lowest BCUT2D eigenvalue weighted by atomic mass is 10.2. The summed E-state index contributed by atoms with van der Waals surface area (Å²) in [4.78, 5) is 16.4. The molecule has 0 saturated carbocycles. The molecule has 1 amide bonds. The smallest absolute Gasteiger partial charge is 0.410 e. The monoisotopic (exact) mass is 436 g/mol. The second-order valence-corrected chi connectivity index (χ2v) is 8.35. The van der Waals surface area contributed by atoms with E-state index in [0.717, 1.165) is 0 Å². The van der Waals surface area contributed by atoms with E-state index in [2.05, 4.69) is 10.00 Å². The number of rotatable bonds is 5. The second-order valence-electron chi connectivity index (χ2n) is 8.00. The van der Waals surface area contributed by atoms with E-state index in [1.807, 2.05) is 32.9 Å². The fourth-order valence-electron chi connectivity index (χ4n) is 3.03. The van der Waals surface area contributed by atoms with Crippen LogP contribution in [0.15, 0.2) is 22.6 Å². The van der Waals surface area contributed by atoms with Crippen LogP contribution in [0.2, 0.25) is 0 Å². The molecule has 1 saturated heterocycles. The molecule has 0 aliphatic carbocycles. The summed E-state index contributed by atoms with van der Waals surface area (Å²) in [5.74, 6) is 1.67. The molecule has 0 N–H and O–H groups in total. The van der Waals surface area contributed by atoms with Gasteiger partial charge in [0.15, 0.2) is 0 Å². The van der Waals surface area contributed by atoms with Crippen LogP contribution in [0.4, 0.5) is 4.79 Å². The van der Waals surface area contributed by atoms with E-state index in [9.17, 15) is 4.79 Å². The molecule has 0 radical (unpaired) electrons. The quantitative estimate of drug-likeness (QED) is 0.660. The summed E-state index contributed by atoms with van der Waals surface area (Å²) in [6, 6.07) is 5.40. The Morgan fingerprint density at radius 2 is 1.70 bits per heavy atom. The average Bonchev–Trinajstić information content (AvgIpc) is 3.07. The zero-order chi connectivity index (χ0) is 21.9. The van der Waals surface area contributed by atoms with Crippen molar-refractivity contribution >= 4 is 18.3 Å². The van der Waals surface area contributed by atoms with Gasteiger partial charge in [-0.25, -0.2) is 9.48 Å². The summed E-state index contributed by atoms with van der Waals surface area (Å²) in [7, 11) is 3.17. The van der Waals surface area contributed by atoms with Crippen LogP contribution in [0.25, 0.3) is 11.5 Å². The van der Waals surface area contributed by atoms with Gasteiger partial charge < -0.3 is 23.5 Å². The molecule has 164 valence electrons. The molecule has 0 unspecified atom stereocenters. The van der Waals surface area contributed by atoms with Crippen LogP contribution in [0, 0.1) is 4.84 Å². The Balaban J connectivity index is 1.65. The highest BCUT2D eigenvalue weighted by molar-refractivity contribution is 7.71. The Labute approximate surface area is 181 Å². The highest BCUT2D eigenvalue weighted by Crippen LogP contribution is 2.29. The molecule has 10 heteroatoms. The summed E-state index contributed by atoms with van der Waals surface area (Å²) in [6.45, 7) is 8.62. The van der Waals surface area contributed by atoms with Crippen LogP contribution in [0.3, 0.4) is 0 Å². The lowest BCUT2D eigenvalue weighted by Gasteiger charge is -2.35. The maximum atomic E-state index is 12.2. The van der Waals surface area contributed by atoms with Gasteiger partial charge in [0.05, 0.1) is 20.9 Å². The van der Waals surface area contributed by atoms with Crippen molar-refractivity contribution in [3.05, 3.63) is 23.0 Å². The topological polar surface area (TPSA) is 82.2 Å². The fourth-order valence-corrected chi connectivity index (χ4v) is 3.21. The Hall–Kier alpha value is -2.59. The molecule has 0 spiro atoms. The van der Waals surface area contributed by atoms with Crippen LogP contribution in [0.5, 0.6) is 11.5 Å². The van der Waals surface area contributed by atoms with Crippen LogP contribution < -0.4 is 9.47 Å². The molecule has 2 heterocycles. The molecule has 3 rings (SSSR count). The van der Waals surface area contributed by atoms with Crippen LogP contribution >= 0.6 is 12.2 Å². The van der Waals surface area contributed by atoms with Gasteiger partial charge in [0, 0.05) is 37.8 Å². The van der Waals surface area contributed by atoms with Gasteiger partial charge >= 0.3 is 6.09 Å². The van der Waals surface area contributed by atoms with Crippen molar-refractivity contribution in [2.75, 3.05) is 40.4 Å². The first kappa shape index (κ1) is 22.1. The predicted molar refractivity (Wildman–Crippen MR) is 113 cm³/mol. The first-order valence-electron chi connectivity index (χ1n) is 9.70. The van der Waals surface area contributed by atoms with Gasteiger partial charge in [-0.1, -0.05) is 0 Å². The largest absolute Gasteiger partial charge is 0.497 e. The van der Waals surface area contributed by atoms with E-state index in [0.29, 0.717) is 55.8 Å². The summed E-state index contributed by atoms with van der Waals surface area (Å²) < 4.78 is 23.4. The van der Waals surface area contributed by atoms with Crippen LogP contribution in [0.1, 0.15) is 20.8 Å². The number of carbonyl (C=O) groups is 1. The number of hydrogen-bond donors (Lipinski definition) is 0. The highest BCUT2D eigenvalue weighted by Gasteiger charge is 2.26. The van der Waals surface area contributed by atoms with Gasteiger partial charge in [0.25, 0.3) is 4.84 Å². The lowest BCUT2D eigenvalue weighted by molar-refractivity contribution is 0.0113. The van der Waals surface area contributed by atoms with E-state index < -0.39 is 5.60 Å². The minimum absolute atomic E-state index is 0.279. The Kier molecular flexibility index (Phi) is 6.67. The van der Waals surface area contributed by atoms with Crippen molar-refractivity contribution in [1.82, 2.24) is 19.6 Å². The zero-order valence-corrected chi connectivity index (χ0v) is 18.8. The molecule has 0 bridgehead atoms. The number of amides is 1. The molecular weight excluding hydrogens is 408 g/mol. The third-order valence-electron chi connectivity index (χ3n) is 4.56. The van der Waals surface area contributed by atoms with Crippen LogP contribution in [-0.2, 0) is 11.4 Å². The van der Waals surface area contributed by atoms with Gasteiger partial charge in [-0.05, 0) is 45.1 Å². The molecule has 9 nitrogen and oxygen atoms in total. The normalized spacial score (nSPS) is 15.2. The molecule has 1 aliphatic rings. The number of nitrogens with zero attached hydrogens (tertiary/aromatic N) is 4. The minimum Gasteiger partial charge on any atom is -0.497 e. The number of methoxy groups -OCH3 is 2. The van der Waals surface area contributed by atoms with Gasteiger partial charge in [0.1, 0.15) is 17.1 Å². The summed E-state index contributed by atoms with van der Waals surface area (Å²) in [6.07, 6.45) is -0.283. The molecule has 0 atom stereocenters. The molecular formula is C20H28N4O5S. The molecule has 1 aromatic heterocycles. The van der Waals surface area contributed by atoms with Crippen molar-refractivity contribution in [2.45, 2.75) is 33.0 Å². The average molecular weight is 437 g/mol. The Bertz CT molecular complexity index is 919. The lowest BCUT2D eigenvalue weighted by Crippen LogP contribution is -2.50. The molecule has 1 aliphatic heterocycles. The van der Waals surface area contributed by atoms with E-state index in [1.54, 1.807) is 29.9 Å².